The molecule has 144 valence electrons. The molecule has 0 amide bonds. The van der Waals surface area contributed by atoms with Crippen LogP contribution in [0.5, 0.6) is 0 Å². The maximum absolute atomic E-state index is 11.0. The molecule has 0 radical (unpaired) electrons. The fourth-order valence-electron chi connectivity index (χ4n) is 3.28. The maximum atomic E-state index is 11.0. The zero-order valence-electron chi connectivity index (χ0n) is 15.5. The number of nitrogens with zero attached hydrogens (tertiary/aromatic N) is 4. The van der Waals surface area contributed by atoms with Gasteiger partial charge < -0.3 is 5.11 Å². The number of hydrogen-bond acceptors (Lipinski definition) is 4. The highest BCUT2D eigenvalue weighted by molar-refractivity contribution is 5.59. The lowest BCUT2D eigenvalue weighted by atomic mass is 10.2. The van der Waals surface area contributed by atoms with Crippen LogP contribution in [0.15, 0.2) is 84.9 Å². The summed E-state index contributed by atoms with van der Waals surface area (Å²) in [5, 5.41) is 25.5. The maximum Gasteiger partial charge on any atom is 0.309 e. The Morgan fingerprint density at radius 1 is 0.897 bits per heavy atom. The number of rotatable bonds is 6. The molecule has 7 nitrogen and oxygen atoms in total. The molecular formula is C22H19N4O3+. The Hall–Kier alpha value is -3.84. The third-order valence-corrected chi connectivity index (χ3v) is 4.60. The van der Waals surface area contributed by atoms with Gasteiger partial charge in [-0.2, -0.15) is 0 Å². The van der Waals surface area contributed by atoms with Crippen LogP contribution in [0.4, 0.5) is 5.69 Å². The van der Waals surface area contributed by atoms with Crippen LogP contribution < -0.4 is 4.57 Å². The summed E-state index contributed by atoms with van der Waals surface area (Å²) in [6.45, 7) is 0.317. The molecule has 1 N–H and O–H groups in total. The summed E-state index contributed by atoms with van der Waals surface area (Å²) in [6.07, 6.45) is 0. The summed E-state index contributed by atoms with van der Waals surface area (Å²) in [4.78, 5) is 10.6. The van der Waals surface area contributed by atoms with Crippen molar-refractivity contribution in [2.75, 3.05) is 6.61 Å². The topological polar surface area (TPSA) is 85.1 Å². The molecule has 0 saturated carbocycles. The van der Waals surface area contributed by atoms with E-state index < -0.39 is 4.92 Å². The number of nitro groups is 1. The van der Waals surface area contributed by atoms with Crippen molar-refractivity contribution in [3.05, 3.63) is 95.0 Å². The van der Waals surface area contributed by atoms with E-state index in [2.05, 4.69) is 0 Å². The van der Waals surface area contributed by atoms with Gasteiger partial charge in [0.2, 0.25) is 0 Å². The molecule has 4 aromatic rings. The van der Waals surface area contributed by atoms with Crippen molar-refractivity contribution in [1.29, 1.82) is 0 Å². The van der Waals surface area contributed by atoms with Gasteiger partial charge in [0.15, 0.2) is 0 Å². The highest BCUT2D eigenvalue weighted by atomic mass is 16.6. The van der Waals surface area contributed by atoms with E-state index in [1.807, 2.05) is 65.2 Å². The smallest absolute Gasteiger partial charge is 0.309 e. The monoisotopic (exact) mass is 387 g/mol. The molecule has 0 atom stereocenters. The van der Waals surface area contributed by atoms with Gasteiger partial charge >= 0.3 is 5.82 Å². The molecule has 0 aliphatic heterocycles. The van der Waals surface area contributed by atoms with Crippen molar-refractivity contribution in [1.82, 2.24) is 9.78 Å². The quantitative estimate of drug-likeness (QED) is 0.312. The van der Waals surface area contributed by atoms with Crippen LogP contribution in [-0.4, -0.2) is 26.4 Å². The van der Waals surface area contributed by atoms with E-state index in [4.69, 9.17) is 5.10 Å². The van der Waals surface area contributed by atoms with Gasteiger partial charge in [-0.1, -0.05) is 41.1 Å². The van der Waals surface area contributed by atoms with Crippen LogP contribution >= 0.6 is 0 Å². The van der Waals surface area contributed by atoms with Crippen LogP contribution in [0, 0.1) is 10.1 Å². The third kappa shape index (κ3) is 3.63. The SMILES string of the molecule is O=[N+]([O-])c1ccc(-n2nc(-c3ccccc3)[n+](CCO)c2-c2ccccc2)cc1. The normalized spacial score (nSPS) is 10.8. The lowest BCUT2D eigenvalue weighted by Gasteiger charge is -2.05. The second-order valence-corrected chi connectivity index (χ2v) is 6.44. The summed E-state index contributed by atoms with van der Waals surface area (Å²) in [5.41, 5.74) is 2.56. The minimum Gasteiger partial charge on any atom is -0.393 e. The molecule has 0 fully saturated rings. The zero-order valence-corrected chi connectivity index (χ0v) is 15.5. The fourth-order valence-corrected chi connectivity index (χ4v) is 3.28. The van der Waals surface area contributed by atoms with Crippen molar-refractivity contribution >= 4 is 5.69 Å². The molecule has 29 heavy (non-hydrogen) atoms. The van der Waals surface area contributed by atoms with Crippen LogP contribution in [0.3, 0.4) is 0 Å². The summed E-state index contributed by atoms with van der Waals surface area (Å²) < 4.78 is 3.73. The molecule has 1 aromatic heterocycles. The van der Waals surface area contributed by atoms with Crippen LogP contribution in [0.2, 0.25) is 0 Å². The van der Waals surface area contributed by atoms with Gasteiger partial charge in [0.1, 0.15) is 5.69 Å². The van der Waals surface area contributed by atoms with Crippen molar-refractivity contribution in [3.63, 3.8) is 0 Å². The van der Waals surface area contributed by atoms with E-state index in [0.29, 0.717) is 18.1 Å². The molecule has 0 bridgehead atoms. The molecular weight excluding hydrogens is 368 g/mol. The largest absolute Gasteiger partial charge is 0.393 e. The number of hydrogen-bond donors (Lipinski definition) is 1. The number of nitro benzene ring substituents is 1. The highest BCUT2D eigenvalue weighted by Gasteiger charge is 2.29. The summed E-state index contributed by atoms with van der Waals surface area (Å²) in [7, 11) is 0. The van der Waals surface area contributed by atoms with Crippen molar-refractivity contribution in [2.24, 2.45) is 0 Å². The molecule has 7 heteroatoms. The molecule has 0 spiro atoms. The molecule has 1 heterocycles. The Balaban J connectivity index is 1.97. The molecule has 0 aliphatic carbocycles. The number of aromatic nitrogens is 3. The van der Waals surface area contributed by atoms with Crippen LogP contribution in [-0.2, 0) is 6.54 Å². The summed E-state index contributed by atoms with van der Waals surface area (Å²) in [5.74, 6) is 1.49. The molecule has 0 unspecified atom stereocenters. The minimum absolute atomic E-state index is 0.0219. The van der Waals surface area contributed by atoms with E-state index in [1.54, 1.807) is 16.8 Å². The number of aliphatic hydroxyl groups excluding tert-OH is 1. The van der Waals surface area contributed by atoms with E-state index in [-0.39, 0.29) is 12.3 Å². The average molecular weight is 387 g/mol. The Morgan fingerprint density at radius 3 is 2.03 bits per heavy atom. The first kappa shape index (κ1) is 18.5. The summed E-state index contributed by atoms with van der Waals surface area (Å²) in [6, 6.07) is 25.8. The number of non-ortho nitro benzene ring substituents is 1. The third-order valence-electron chi connectivity index (χ3n) is 4.60. The lowest BCUT2D eigenvalue weighted by molar-refractivity contribution is -0.677. The second-order valence-electron chi connectivity index (χ2n) is 6.44. The average Bonchev–Trinajstić information content (AvgIpc) is 3.14. The van der Waals surface area contributed by atoms with Gasteiger partial charge in [0, 0.05) is 12.1 Å². The van der Waals surface area contributed by atoms with Crippen LogP contribution in [0.1, 0.15) is 0 Å². The fraction of sp³-hybridized carbons (Fsp3) is 0.0909. The van der Waals surface area contributed by atoms with Gasteiger partial charge in [0.25, 0.3) is 11.5 Å². The molecule has 4 rings (SSSR count). The number of aliphatic hydroxyl groups is 1. The van der Waals surface area contributed by atoms with Crippen molar-refractivity contribution in [3.8, 4) is 28.5 Å². The van der Waals surface area contributed by atoms with Crippen molar-refractivity contribution in [2.45, 2.75) is 6.54 Å². The molecule has 3 aromatic carbocycles. The Bertz CT molecular complexity index is 1120. The highest BCUT2D eigenvalue weighted by Crippen LogP contribution is 2.25. The molecule has 0 saturated heterocycles. The second kappa shape index (κ2) is 8.04. The predicted octanol–water partition coefficient (Wildman–Crippen LogP) is 3.39. The van der Waals surface area contributed by atoms with Gasteiger partial charge in [0.05, 0.1) is 34.3 Å². The Labute approximate surface area is 167 Å². The first-order chi connectivity index (χ1) is 14.2. The van der Waals surface area contributed by atoms with Gasteiger partial charge in [-0.15, -0.1) is 0 Å². The minimum atomic E-state index is -0.424. The number of benzene rings is 3. The molecule has 0 aliphatic rings. The standard InChI is InChI=1S/C22H19N4O3/c27-16-15-24-21(17-7-3-1-4-8-17)23-25(22(24)18-9-5-2-6-10-18)19-11-13-20(14-12-19)26(28)29/h1-14,27H,15-16H2/q+1. The van der Waals surface area contributed by atoms with Gasteiger partial charge in [-0.3, -0.25) is 10.1 Å². The zero-order chi connectivity index (χ0) is 20.2. The summed E-state index contributed by atoms with van der Waals surface area (Å²) >= 11 is 0. The Morgan fingerprint density at radius 2 is 1.48 bits per heavy atom. The van der Waals surface area contributed by atoms with Gasteiger partial charge in [-0.05, 0) is 36.4 Å². The van der Waals surface area contributed by atoms with E-state index in [9.17, 15) is 15.2 Å². The van der Waals surface area contributed by atoms with E-state index >= 15 is 0 Å². The van der Waals surface area contributed by atoms with E-state index in [0.717, 1.165) is 17.0 Å². The van der Waals surface area contributed by atoms with Crippen LogP contribution in [0.25, 0.3) is 28.5 Å². The lowest BCUT2D eigenvalue weighted by Crippen LogP contribution is -2.39. The first-order valence-corrected chi connectivity index (χ1v) is 9.18. The Kier molecular flexibility index (Phi) is 5.13. The van der Waals surface area contributed by atoms with Crippen molar-refractivity contribution < 1.29 is 14.6 Å². The first-order valence-electron chi connectivity index (χ1n) is 9.18. The predicted molar refractivity (Wildman–Crippen MR) is 108 cm³/mol. The van der Waals surface area contributed by atoms with Gasteiger partial charge in [-0.25, -0.2) is 4.57 Å². The van der Waals surface area contributed by atoms with E-state index in [1.165, 1.54) is 12.1 Å².